The fourth-order valence-corrected chi connectivity index (χ4v) is 5.61. The second kappa shape index (κ2) is 8.34. The van der Waals surface area contributed by atoms with Gasteiger partial charge in [-0.1, -0.05) is 86.7 Å². The van der Waals surface area contributed by atoms with E-state index in [2.05, 4.69) is 81.1 Å². The predicted octanol–water partition coefficient (Wildman–Crippen LogP) is 5.00. The predicted molar refractivity (Wildman–Crippen MR) is 115 cm³/mol. The van der Waals surface area contributed by atoms with Gasteiger partial charge in [-0.25, -0.2) is 0 Å². The highest BCUT2D eigenvalue weighted by molar-refractivity contribution is 7.80. The number of rotatable bonds is 6. The van der Waals surface area contributed by atoms with E-state index in [0.29, 0.717) is 5.75 Å². The number of phenols is 1. The van der Waals surface area contributed by atoms with E-state index in [4.69, 9.17) is 0 Å². The lowest BCUT2D eigenvalue weighted by Crippen LogP contribution is -2.22. The van der Waals surface area contributed by atoms with E-state index in [1.807, 2.05) is 18.2 Å². The van der Waals surface area contributed by atoms with Gasteiger partial charge in [-0.15, -0.1) is 6.58 Å². The number of aromatic hydroxyl groups is 1. The maximum absolute atomic E-state index is 11.1. The highest BCUT2D eigenvalue weighted by atomic mass is 31.1. The Morgan fingerprint density at radius 2 is 1.46 bits per heavy atom. The Morgan fingerprint density at radius 1 is 0.923 bits per heavy atom. The minimum absolute atomic E-state index is 0.266. The van der Waals surface area contributed by atoms with Gasteiger partial charge in [0.05, 0.1) is 0 Å². The number of phenolic OH excluding ortho intramolecular Hbond substituents is 1. The fraction of sp³-hybridized carbons (Fsp3) is 0.167. The summed E-state index contributed by atoms with van der Waals surface area (Å²) in [6.07, 6.45) is 2.73. The first-order valence-electron chi connectivity index (χ1n) is 8.98. The topological polar surface area (TPSA) is 20.2 Å². The molecular weight excluding hydrogens is 335 g/mol. The van der Waals surface area contributed by atoms with Crippen LogP contribution in [-0.2, 0) is 6.42 Å². The van der Waals surface area contributed by atoms with Crippen LogP contribution >= 0.6 is 7.92 Å². The molecule has 0 bridgehead atoms. The molecule has 0 saturated heterocycles. The molecule has 0 radical (unpaired) electrons. The van der Waals surface area contributed by atoms with Crippen LogP contribution < -0.4 is 15.9 Å². The molecule has 1 nitrogen and oxygen atoms in total. The molecule has 2 heteroatoms. The first-order valence-corrected chi connectivity index (χ1v) is 10.3. The van der Waals surface area contributed by atoms with Crippen molar-refractivity contribution in [3.05, 3.63) is 96.6 Å². The van der Waals surface area contributed by atoms with Gasteiger partial charge in [-0.05, 0) is 48.1 Å². The van der Waals surface area contributed by atoms with Crippen LogP contribution in [0.15, 0.2) is 85.5 Å². The molecule has 3 rings (SSSR count). The van der Waals surface area contributed by atoms with Crippen LogP contribution in [0.5, 0.6) is 5.75 Å². The van der Waals surface area contributed by atoms with Gasteiger partial charge in [0.1, 0.15) is 5.75 Å². The number of hydrogen-bond acceptors (Lipinski definition) is 1. The number of hydrogen-bond donors (Lipinski definition) is 1. The lowest BCUT2D eigenvalue weighted by molar-refractivity contribution is 0.469. The van der Waals surface area contributed by atoms with E-state index in [0.717, 1.165) is 17.3 Å². The third-order valence-electron chi connectivity index (χ3n) is 4.45. The summed E-state index contributed by atoms with van der Waals surface area (Å²) >= 11 is 0. The van der Waals surface area contributed by atoms with E-state index >= 15 is 0 Å². The molecule has 0 aliphatic heterocycles. The molecule has 0 unspecified atom stereocenters. The molecule has 0 aliphatic carbocycles. The quantitative estimate of drug-likeness (QED) is 0.484. The molecule has 0 heterocycles. The van der Waals surface area contributed by atoms with Crippen LogP contribution in [0.3, 0.4) is 0 Å². The Balaban J connectivity index is 2.25. The van der Waals surface area contributed by atoms with Crippen LogP contribution in [0, 0.1) is 0 Å². The summed E-state index contributed by atoms with van der Waals surface area (Å²) in [4.78, 5) is 0. The van der Waals surface area contributed by atoms with Gasteiger partial charge in [0.15, 0.2) is 0 Å². The highest BCUT2D eigenvalue weighted by Crippen LogP contribution is 2.39. The average Bonchev–Trinajstić information content (AvgIpc) is 2.66. The van der Waals surface area contributed by atoms with Crippen molar-refractivity contribution in [1.29, 1.82) is 0 Å². The zero-order chi connectivity index (χ0) is 18.5. The van der Waals surface area contributed by atoms with Crippen LogP contribution in [0.4, 0.5) is 0 Å². The zero-order valence-corrected chi connectivity index (χ0v) is 16.3. The van der Waals surface area contributed by atoms with Crippen LogP contribution in [0.2, 0.25) is 0 Å². The van der Waals surface area contributed by atoms with Gasteiger partial charge in [0.25, 0.3) is 0 Å². The summed E-state index contributed by atoms with van der Waals surface area (Å²) in [6.45, 7) is 8.14. The third-order valence-corrected chi connectivity index (χ3v) is 6.90. The van der Waals surface area contributed by atoms with Crippen molar-refractivity contribution in [2.45, 2.75) is 26.2 Å². The Labute approximate surface area is 157 Å². The summed E-state index contributed by atoms with van der Waals surface area (Å²) in [5.74, 6) is 0.702. The molecule has 0 atom stereocenters. The smallest absolute Gasteiger partial charge is 0.127 e. The van der Waals surface area contributed by atoms with Gasteiger partial charge in [0.2, 0.25) is 0 Å². The van der Waals surface area contributed by atoms with Gasteiger partial charge in [-0.2, -0.15) is 0 Å². The zero-order valence-electron chi connectivity index (χ0n) is 15.4. The average molecular weight is 360 g/mol. The molecule has 3 aromatic carbocycles. The molecule has 0 aromatic heterocycles. The molecule has 1 N–H and O–H groups in total. The van der Waals surface area contributed by atoms with E-state index in [1.54, 1.807) is 0 Å². The van der Waals surface area contributed by atoms with Crippen molar-refractivity contribution in [1.82, 2.24) is 0 Å². The van der Waals surface area contributed by atoms with Crippen LogP contribution in [0.25, 0.3) is 0 Å². The van der Waals surface area contributed by atoms with Crippen molar-refractivity contribution in [2.75, 3.05) is 0 Å². The van der Waals surface area contributed by atoms with Crippen molar-refractivity contribution < 1.29 is 5.11 Å². The second-order valence-electron chi connectivity index (χ2n) is 6.71. The number of benzene rings is 3. The van der Waals surface area contributed by atoms with E-state index in [9.17, 15) is 5.11 Å². The van der Waals surface area contributed by atoms with Gasteiger partial charge >= 0.3 is 0 Å². The fourth-order valence-electron chi connectivity index (χ4n) is 3.18. The van der Waals surface area contributed by atoms with E-state index in [-0.39, 0.29) is 5.92 Å². The Hall–Kier alpha value is -2.37. The maximum atomic E-state index is 11.1. The molecule has 26 heavy (non-hydrogen) atoms. The van der Waals surface area contributed by atoms with Gasteiger partial charge in [0, 0.05) is 5.30 Å². The first kappa shape index (κ1) is 18.4. The van der Waals surface area contributed by atoms with Crippen molar-refractivity contribution >= 4 is 23.8 Å². The highest BCUT2D eigenvalue weighted by Gasteiger charge is 2.23. The molecule has 0 amide bonds. The lowest BCUT2D eigenvalue weighted by Gasteiger charge is -2.23. The van der Waals surface area contributed by atoms with Crippen molar-refractivity contribution in [3.8, 4) is 5.75 Å². The molecule has 132 valence electrons. The summed E-state index contributed by atoms with van der Waals surface area (Å²) in [6, 6.07) is 25.3. The van der Waals surface area contributed by atoms with Gasteiger partial charge in [-0.3, -0.25) is 0 Å². The molecule has 0 spiro atoms. The molecule has 0 saturated carbocycles. The van der Waals surface area contributed by atoms with Gasteiger partial charge < -0.3 is 5.11 Å². The van der Waals surface area contributed by atoms with Crippen LogP contribution in [0.1, 0.15) is 30.9 Å². The minimum Gasteiger partial charge on any atom is -0.507 e. The largest absolute Gasteiger partial charge is 0.507 e. The first-order chi connectivity index (χ1) is 12.6. The SMILES string of the molecule is C=CCc1cc(C(C)C)c(O)c(P(c2ccccc2)c2ccccc2)c1. The van der Waals surface area contributed by atoms with E-state index in [1.165, 1.54) is 16.2 Å². The Kier molecular flexibility index (Phi) is 5.91. The number of allylic oxidation sites excluding steroid dienone is 1. The Morgan fingerprint density at radius 3 is 1.92 bits per heavy atom. The molecular formula is C24H25OP. The van der Waals surface area contributed by atoms with E-state index < -0.39 is 7.92 Å². The normalized spacial score (nSPS) is 11.1. The molecule has 0 fully saturated rings. The van der Waals surface area contributed by atoms with Crippen LogP contribution in [-0.4, -0.2) is 5.11 Å². The Bertz CT molecular complexity index is 830. The lowest BCUT2D eigenvalue weighted by atomic mass is 9.98. The second-order valence-corrected chi connectivity index (χ2v) is 8.89. The summed E-state index contributed by atoms with van der Waals surface area (Å²) in [7, 11) is -0.819. The summed E-state index contributed by atoms with van der Waals surface area (Å²) in [5, 5.41) is 14.7. The maximum Gasteiger partial charge on any atom is 0.127 e. The van der Waals surface area contributed by atoms with Crippen molar-refractivity contribution in [2.24, 2.45) is 0 Å². The third kappa shape index (κ3) is 3.89. The summed E-state index contributed by atoms with van der Waals surface area (Å²) < 4.78 is 0. The monoisotopic (exact) mass is 360 g/mol. The summed E-state index contributed by atoms with van der Waals surface area (Å²) in [5.41, 5.74) is 2.22. The molecule has 0 aliphatic rings. The van der Waals surface area contributed by atoms with Crippen molar-refractivity contribution in [3.63, 3.8) is 0 Å². The molecule has 3 aromatic rings. The standard InChI is InChI=1S/C24H25OP/c1-4-11-19-16-22(18(2)3)24(25)23(17-19)26(20-12-7-5-8-13-20)21-14-9-6-10-15-21/h4-10,12-18,25H,1,11H2,2-3H3. The minimum atomic E-state index is -0.819.